The van der Waals surface area contributed by atoms with E-state index in [0.29, 0.717) is 0 Å². The predicted octanol–water partition coefficient (Wildman–Crippen LogP) is 2.74. The average Bonchev–Trinajstić information content (AvgIpc) is 2.90. The zero-order chi connectivity index (χ0) is 16.7. The number of nitrogens with zero attached hydrogens (tertiary/aromatic N) is 1. The number of hydrogen-bond donors (Lipinski definition) is 0. The zero-order valence-electron chi connectivity index (χ0n) is 13.0. The minimum absolute atomic E-state index is 0.263. The van der Waals surface area contributed by atoms with E-state index < -0.39 is 23.7 Å². The molecule has 0 saturated carbocycles. The molecule has 4 rings (SSSR count). The van der Waals surface area contributed by atoms with E-state index in [-0.39, 0.29) is 4.90 Å². The predicted molar refractivity (Wildman–Crippen MR) is 97.7 cm³/mol. The maximum atomic E-state index is 12.8. The van der Waals surface area contributed by atoms with Crippen molar-refractivity contribution in [2.75, 3.05) is 0 Å². The quantitative estimate of drug-likeness (QED) is 0.486. The molecule has 3 nitrogen and oxygen atoms in total. The van der Waals surface area contributed by atoms with Gasteiger partial charge in [0.25, 0.3) is 0 Å². The summed E-state index contributed by atoms with van der Waals surface area (Å²) in [6.07, 6.45) is 0. The second-order valence-electron chi connectivity index (χ2n) is 5.64. The fourth-order valence-electron chi connectivity index (χ4n) is 2.77. The molecule has 5 heteroatoms. The van der Waals surface area contributed by atoms with Gasteiger partial charge in [-0.3, -0.25) is 0 Å². The average molecular weight is 400 g/mol. The summed E-state index contributed by atoms with van der Waals surface area (Å²) in [5.41, 5.74) is 3.25. The molecule has 24 heavy (non-hydrogen) atoms. The zero-order valence-corrected chi connectivity index (χ0v) is 15.5. The Hall–Kier alpha value is -2.07. The summed E-state index contributed by atoms with van der Waals surface area (Å²) >= 11 is -1.98. The van der Waals surface area contributed by atoms with Crippen LogP contribution in [0.2, 0.25) is 0 Å². The van der Waals surface area contributed by atoms with Crippen molar-refractivity contribution in [2.24, 2.45) is 3.37 Å². The number of rotatable bonds is 2. The molecular weight excluding hydrogens is 385 g/mol. The molecular formula is C19H15NO2SSe. The number of fused-ring (bicyclic) bond motifs is 3. The van der Waals surface area contributed by atoms with Gasteiger partial charge in [0.2, 0.25) is 0 Å². The van der Waals surface area contributed by atoms with Crippen LogP contribution in [0, 0.1) is 6.92 Å². The third-order valence-electron chi connectivity index (χ3n) is 3.97. The van der Waals surface area contributed by atoms with Crippen molar-refractivity contribution in [1.29, 1.82) is 0 Å². The Labute approximate surface area is 145 Å². The van der Waals surface area contributed by atoms with Crippen molar-refractivity contribution in [3.05, 3.63) is 78.4 Å². The van der Waals surface area contributed by atoms with Gasteiger partial charge in [-0.2, -0.15) is 0 Å². The number of sulfonamides is 1. The molecule has 1 aliphatic heterocycles. The summed E-state index contributed by atoms with van der Waals surface area (Å²) in [5, 5.41) is 0. The third kappa shape index (κ3) is 2.55. The summed E-state index contributed by atoms with van der Waals surface area (Å²) in [5.74, 6) is 0. The van der Waals surface area contributed by atoms with Crippen LogP contribution in [-0.4, -0.2) is 22.1 Å². The van der Waals surface area contributed by atoms with Crippen LogP contribution in [0.15, 0.2) is 81.1 Å². The second-order valence-corrected chi connectivity index (χ2v) is 11.2. The van der Waals surface area contributed by atoms with E-state index in [2.05, 4.69) is 3.37 Å². The first kappa shape index (κ1) is 15.5. The molecule has 0 radical (unpaired) electrons. The van der Waals surface area contributed by atoms with Crippen molar-refractivity contribution >= 4 is 32.7 Å². The summed E-state index contributed by atoms with van der Waals surface area (Å²) in [4.78, 5) is 0.263. The van der Waals surface area contributed by atoms with Gasteiger partial charge in [0.15, 0.2) is 0 Å². The monoisotopic (exact) mass is 401 g/mol. The van der Waals surface area contributed by atoms with Crippen molar-refractivity contribution in [1.82, 2.24) is 0 Å². The van der Waals surface area contributed by atoms with Crippen LogP contribution in [0.1, 0.15) is 5.56 Å². The SMILES string of the molecule is Cc1ccc(S(=O)(=O)N=[Se]2c3ccccc3-c3ccccc32)cc1. The molecule has 1 aliphatic rings. The first-order valence-electron chi connectivity index (χ1n) is 7.54. The Kier molecular flexibility index (Phi) is 3.72. The van der Waals surface area contributed by atoms with Crippen LogP contribution in [0.4, 0.5) is 0 Å². The fourth-order valence-corrected chi connectivity index (χ4v) is 9.47. The van der Waals surface area contributed by atoms with Gasteiger partial charge in [-0.1, -0.05) is 0 Å². The normalized spacial score (nSPS) is 13.4. The molecule has 0 aliphatic carbocycles. The van der Waals surface area contributed by atoms with E-state index >= 15 is 0 Å². The molecule has 0 unspecified atom stereocenters. The molecule has 0 aromatic heterocycles. The van der Waals surface area contributed by atoms with Gasteiger partial charge in [-0.05, 0) is 0 Å². The van der Waals surface area contributed by atoms with Gasteiger partial charge < -0.3 is 0 Å². The van der Waals surface area contributed by atoms with E-state index in [9.17, 15) is 8.42 Å². The Bertz CT molecular complexity index is 1020. The summed E-state index contributed by atoms with van der Waals surface area (Å²) in [6.45, 7) is 1.94. The molecule has 3 aromatic carbocycles. The molecule has 0 bridgehead atoms. The first-order chi connectivity index (χ1) is 11.6. The Morgan fingerprint density at radius 1 is 0.750 bits per heavy atom. The van der Waals surface area contributed by atoms with E-state index in [1.165, 1.54) is 0 Å². The fraction of sp³-hybridized carbons (Fsp3) is 0.0526. The van der Waals surface area contributed by atoms with Gasteiger partial charge in [0.05, 0.1) is 0 Å². The van der Waals surface area contributed by atoms with Gasteiger partial charge in [0, 0.05) is 0 Å². The number of benzene rings is 3. The van der Waals surface area contributed by atoms with Gasteiger partial charge in [-0.25, -0.2) is 0 Å². The number of aryl methyl sites for hydroxylation is 1. The summed E-state index contributed by atoms with van der Waals surface area (Å²) in [6, 6.07) is 22.9. The third-order valence-corrected chi connectivity index (χ3v) is 10.6. The first-order valence-corrected chi connectivity index (χ1v) is 11.5. The Morgan fingerprint density at radius 2 is 1.25 bits per heavy atom. The summed E-state index contributed by atoms with van der Waals surface area (Å²) in [7, 11) is -3.67. The molecule has 0 saturated heterocycles. The van der Waals surface area contributed by atoms with Gasteiger partial charge in [0.1, 0.15) is 0 Å². The minimum atomic E-state index is -3.67. The van der Waals surface area contributed by atoms with Crippen molar-refractivity contribution in [2.45, 2.75) is 11.8 Å². The van der Waals surface area contributed by atoms with Gasteiger partial charge >= 0.3 is 146 Å². The van der Waals surface area contributed by atoms with Crippen molar-refractivity contribution in [3.63, 3.8) is 0 Å². The van der Waals surface area contributed by atoms with E-state index in [0.717, 1.165) is 25.6 Å². The summed E-state index contributed by atoms with van der Waals surface area (Å²) < 4.78 is 32.1. The topological polar surface area (TPSA) is 46.5 Å². The van der Waals surface area contributed by atoms with E-state index in [1.807, 2.05) is 55.5 Å². The molecule has 0 spiro atoms. The second kappa shape index (κ2) is 5.78. The van der Waals surface area contributed by atoms with E-state index in [4.69, 9.17) is 0 Å². The van der Waals surface area contributed by atoms with Crippen LogP contribution < -0.4 is 8.92 Å². The van der Waals surface area contributed by atoms with E-state index in [1.54, 1.807) is 24.3 Å². The van der Waals surface area contributed by atoms with Crippen molar-refractivity contribution in [3.8, 4) is 11.1 Å². The van der Waals surface area contributed by atoms with Crippen LogP contribution >= 0.6 is 0 Å². The maximum absolute atomic E-state index is 12.8. The standard InChI is InChI=1S/C19H15NO2SSe/c1-14-10-12-15(13-11-14)23(21,22)20-24-18-8-4-2-6-16(18)17-7-3-5-9-19(17)24/h2-13H,1H3. The van der Waals surface area contributed by atoms with Crippen LogP contribution in [0.5, 0.6) is 0 Å². The van der Waals surface area contributed by atoms with Gasteiger partial charge in [-0.15, -0.1) is 0 Å². The molecule has 0 amide bonds. The number of hydrogen-bond acceptors (Lipinski definition) is 2. The van der Waals surface area contributed by atoms with Crippen LogP contribution in [0.3, 0.4) is 0 Å². The molecule has 0 fully saturated rings. The Morgan fingerprint density at radius 3 is 1.79 bits per heavy atom. The molecule has 3 aromatic rings. The molecule has 0 N–H and O–H groups in total. The molecule has 120 valence electrons. The Balaban J connectivity index is 1.93. The van der Waals surface area contributed by atoms with Crippen molar-refractivity contribution < 1.29 is 8.42 Å². The molecule has 0 atom stereocenters. The van der Waals surface area contributed by atoms with Crippen LogP contribution in [0.25, 0.3) is 11.1 Å². The van der Waals surface area contributed by atoms with Crippen LogP contribution in [-0.2, 0) is 10.0 Å². The molecule has 1 heterocycles.